The zero-order chi connectivity index (χ0) is 19.5. The number of hydrogen-bond acceptors (Lipinski definition) is 7. The Bertz CT molecular complexity index is 533. The lowest BCUT2D eigenvalue weighted by Crippen LogP contribution is -2.69. The van der Waals surface area contributed by atoms with E-state index in [0.29, 0.717) is 0 Å². The number of ketones is 1. The van der Waals surface area contributed by atoms with Gasteiger partial charge in [-0.25, -0.2) is 9.18 Å². The largest absolute Gasteiger partial charge is 0.477 e. The number of alkyl halides is 2. The molecule has 0 spiro atoms. The van der Waals surface area contributed by atoms with Crippen LogP contribution in [0.3, 0.4) is 0 Å². The molecule has 0 bridgehead atoms. The van der Waals surface area contributed by atoms with Gasteiger partial charge in [0, 0.05) is 19.3 Å². The van der Waals surface area contributed by atoms with Gasteiger partial charge in [-0.05, 0) is 6.92 Å². The number of nitrogens with one attached hydrogen (secondary N) is 1. The summed E-state index contributed by atoms with van der Waals surface area (Å²) in [5.41, 5.74) is 0. The third-order valence-electron chi connectivity index (χ3n) is 3.96. The first kappa shape index (κ1) is 21.4. The number of amides is 1. The Kier molecular flexibility index (Phi) is 6.94. The van der Waals surface area contributed by atoms with Crippen molar-refractivity contribution in [2.24, 2.45) is 5.92 Å². The predicted octanol–water partition coefficient (Wildman–Crippen LogP) is -1.71. The van der Waals surface area contributed by atoms with Gasteiger partial charge in [-0.2, -0.15) is 4.39 Å². The van der Waals surface area contributed by atoms with E-state index in [-0.39, 0.29) is 0 Å². The third kappa shape index (κ3) is 4.48. The summed E-state index contributed by atoms with van der Waals surface area (Å²) in [6.07, 6.45) is -9.16. The van der Waals surface area contributed by atoms with E-state index in [1.165, 1.54) is 0 Å². The van der Waals surface area contributed by atoms with Crippen molar-refractivity contribution in [1.82, 2.24) is 5.32 Å². The van der Waals surface area contributed by atoms with Gasteiger partial charge in [-0.1, -0.05) is 0 Å². The number of carboxylic acid groups (broad SMARTS) is 1. The van der Waals surface area contributed by atoms with Gasteiger partial charge in [0.25, 0.3) is 0 Å². The number of aliphatic hydroxyl groups is 3. The molecule has 1 amide bonds. The normalized spacial score (nSPS) is 34.8. The Hall–Kier alpha value is -1.69. The Morgan fingerprint density at radius 2 is 1.84 bits per heavy atom. The van der Waals surface area contributed by atoms with Crippen molar-refractivity contribution in [1.29, 1.82) is 0 Å². The summed E-state index contributed by atoms with van der Waals surface area (Å²) >= 11 is 0. The Morgan fingerprint density at radius 3 is 2.24 bits per heavy atom. The van der Waals surface area contributed by atoms with E-state index in [4.69, 9.17) is 10.2 Å². The molecule has 0 aromatic heterocycles. The highest BCUT2D eigenvalue weighted by atomic mass is 19.2. The highest BCUT2D eigenvalue weighted by molar-refractivity contribution is 5.79. The van der Waals surface area contributed by atoms with Crippen molar-refractivity contribution >= 4 is 17.7 Å². The SMILES string of the molecule is CC(=O)C[C@H]1C([C@H](O)[C@H](O)CO)O[C@@](F)(C(=O)O)C(F)[C@H]1NC(C)=O. The summed E-state index contributed by atoms with van der Waals surface area (Å²) < 4.78 is 33.7. The molecule has 0 radical (unpaired) electrons. The highest BCUT2D eigenvalue weighted by Crippen LogP contribution is 2.40. The van der Waals surface area contributed by atoms with Crippen LogP contribution in [0.5, 0.6) is 0 Å². The quantitative estimate of drug-likeness (QED) is 0.355. The number of ether oxygens (including phenoxy) is 1. The van der Waals surface area contributed by atoms with Crippen molar-refractivity contribution < 1.29 is 48.3 Å². The maximum absolute atomic E-state index is 14.6. The summed E-state index contributed by atoms with van der Waals surface area (Å²) in [7, 11) is 0. The summed E-state index contributed by atoms with van der Waals surface area (Å²) in [5.74, 6) is -9.01. The molecule has 0 aliphatic carbocycles. The van der Waals surface area contributed by atoms with Crippen LogP contribution in [-0.2, 0) is 19.1 Å². The molecule has 1 aliphatic heterocycles. The molecular weight excluding hydrogens is 348 g/mol. The van der Waals surface area contributed by atoms with E-state index < -0.39 is 73.0 Å². The van der Waals surface area contributed by atoms with Gasteiger partial charge >= 0.3 is 11.8 Å². The topological polar surface area (TPSA) is 153 Å². The van der Waals surface area contributed by atoms with Gasteiger partial charge in [0.1, 0.15) is 18.0 Å². The molecular formula is C14H21F2NO8. The number of aliphatic hydroxyl groups excluding tert-OH is 3. The fourth-order valence-electron chi connectivity index (χ4n) is 2.81. The minimum Gasteiger partial charge on any atom is -0.477 e. The van der Waals surface area contributed by atoms with E-state index in [0.717, 1.165) is 13.8 Å². The molecule has 144 valence electrons. The molecule has 0 aromatic carbocycles. The van der Waals surface area contributed by atoms with Crippen LogP contribution < -0.4 is 5.32 Å². The lowest BCUT2D eigenvalue weighted by atomic mass is 9.78. The Labute approximate surface area is 141 Å². The molecule has 7 atom stereocenters. The summed E-state index contributed by atoms with van der Waals surface area (Å²) in [5, 5.41) is 39.5. The van der Waals surface area contributed by atoms with Crippen LogP contribution in [0.1, 0.15) is 20.3 Å². The standard InChI is InChI=1S/C14H21F2NO8/c1-5(19)3-7-9(17-6(2)20)12(15)14(16,13(23)24)25-11(7)10(22)8(21)4-18/h7-12,18,21-22H,3-4H2,1-2H3,(H,17,20)(H,23,24)/t7-,8-,9+,10-,11?,12?,14-/m1/s1. The van der Waals surface area contributed by atoms with E-state index >= 15 is 0 Å². The van der Waals surface area contributed by atoms with Crippen LogP contribution in [0, 0.1) is 5.92 Å². The van der Waals surface area contributed by atoms with Crippen molar-refractivity contribution in [3.05, 3.63) is 0 Å². The number of Topliss-reactive ketones (excluding diaryl/α,β-unsaturated/α-hetero) is 1. The van der Waals surface area contributed by atoms with E-state index in [2.05, 4.69) is 4.74 Å². The van der Waals surface area contributed by atoms with E-state index in [1.54, 1.807) is 0 Å². The molecule has 1 rings (SSSR count). The zero-order valence-corrected chi connectivity index (χ0v) is 13.6. The number of aliphatic carboxylic acids is 1. The molecule has 1 saturated heterocycles. The van der Waals surface area contributed by atoms with Crippen molar-refractivity contribution in [3.63, 3.8) is 0 Å². The van der Waals surface area contributed by atoms with E-state index in [9.17, 15) is 33.4 Å². The first-order chi connectivity index (χ1) is 11.5. The second-order valence-electron chi connectivity index (χ2n) is 5.97. The average molecular weight is 369 g/mol. The van der Waals surface area contributed by atoms with Crippen LogP contribution in [0.4, 0.5) is 8.78 Å². The molecule has 1 aliphatic rings. The molecule has 9 nitrogen and oxygen atoms in total. The van der Waals surface area contributed by atoms with Crippen LogP contribution in [0.15, 0.2) is 0 Å². The first-order valence-electron chi connectivity index (χ1n) is 7.43. The number of halogens is 2. The molecule has 5 N–H and O–H groups in total. The fraction of sp³-hybridized carbons (Fsp3) is 0.786. The summed E-state index contributed by atoms with van der Waals surface area (Å²) in [6, 6.07) is -1.82. The molecule has 11 heteroatoms. The lowest BCUT2D eigenvalue weighted by molar-refractivity contribution is -0.286. The maximum Gasteiger partial charge on any atom is 0.372 e. The molecule has 1 fully saturated rings. The lowest BCUT2D eigenvalue weighted by Gasteiger charge is -2.47. The number of carbonyl (C=O) groups is 3. The van der Waals surface area contributed by atoms with Gasteiger partial charge < -0.3 is 35.3 Å². The Balaban J connectivity index is 3.38. The molecule has 0 aromatic rings. The first-order valence-corrected chi connectivity index (χ1v) is 7.43. The summed E-state index contributed by atoms with van der Waals surface area (Å²) in [6.45, 7) is 1.10. The maximum atomic E-state index is 14.6. The van der Waals surface area contributed by atoms with Gasteiger partial charge in [-0.3, -0.25) is 4.79 Å². The Morgan fingerprint density at radius 1 is 1.28 bits per heavy atom. The fourth-order valence-corrected chi connectivity index (χ4v) is 2.81. The molecule has 1 heterocycles. The van der Waals surface area contributed by atoms with Crippen molar-refractivity contribution in [2.75, 3.05) is 6.61 Å². The number of rotatable bonds is 7. The highest BCUT2D eigenvalue weighted by Gasteiger charge is 2.62. The minimum atomic E-state index is -3.93. The van der Waals surface area contributed by atoms with Gasteiger partial charge in [0.05, 0.1) is 18.8 Å². The smallest absolute Gasteiger partial charge is 0.372 e. The van der Waals surface area contributed by atoms with E-state index in [1.807, 2.05) is 5.32 Å². The average Bonchev–Trinajstić information content (AvgIpc) is 2.51. The van der Waals surface area contributed by atoms with Gasteiger partial charge in [0.15, 0.2) is 6.17 Å². The second kappa shape index (κ2) is 8.13. The number of carbonyl (C=O) groups excluding carboxylic acids is 2. The number of carboxylic acids is 1. The zero-order valence-electron chi connectivity index (χ0n) is 13.6. The van der Waals surface area contributed by atoms with Crippen molar-refractivity contribution in [2.45, 2.75) is 56.6 Å². The molecule has 25 heavy (non-hydrogen) atoms. The molecule has 2 unspecified atom stereocenters. The summed E-state index contributed by atoms with van der Waals surface area (Å²) in [4.78, 5) is 33.9. The minimum absolute atomic E-state index is 0.499. The van der Waals surface area contributed by atoms with Crippen LogP contribution in [-0.4, -0.2) is 81.1 Å². The third-order valence-corrected chi connectivity index (χ3v) is 3.96. The van der Waals surface area contributed by atoms with Crippen LogP contribution in [0.25, 0.3) is 0 Å². The monoisotopic (exact) mass is 369 g/mol. The van der Waals surface area contributed by atoms with Gasteiger partial charge in [-0.15, -0.1) is 0 Å². The van der Waals surface area contributed by atoms with Crippen LogP contribution >= 0.6 is 0 Å². The predicted molar refractivity (Wildman–Crippen MR) is 76.7 cm³/mol. The number of hydrogen-bond donors (Lipinski definition) is 5. The van der Waals surface area contributed by atoms with Crippen molar-refractivity contribution in [3.8, 4) is 0 Å². The van der Waals surface area contributed by atoms with Gasteiger partial charge in [0.2, 0.25) is 5.91 Å². The van der Waals surface area contributed by atoms with Crippen LogP contribution in [0.2, 0.25) is 0 Å². The molecule has 0 saturated carbocycles. The second-order valence-corrected chi connectivity index (χ2v) is 5.97.